The second-order valence-electron chi connectivity index (χ2n) is 5.32. The summed E-state index contributed by atoms with van der Waals surface area (Å²) in [7, 11) is 0.0535. The molecule has 0 saturated carbocycles. The van der Waals surface area contributed by atoms with Gasteiger partial charge in [0.1, 0.15) is 0 Å². The van der Waals surface area contributed by atoms with E-state index in [1.54, 1.807) is 5.20 Å². The minimum Gasteiger partial charge on any atom is -0.124 e. The van der Waals surface area contributed by atoms with Gasteiger partial charge in [0, 0.05) is 0 Å². The Labute approximate surface area is 85.2 Å². The van der Waals surface area contributed by atoms with Crippen LogP contribution in [-0.2, 0) is 0 Å². The Morgan fingerprint density at radius 1 is 1.31 bits per heavy atom. The zero-order chi connectivity index (χ0) is 10.1. The van der Waals surface area contributed by atoms with Crippen LogP contribution < -0.4 is 0 Å². The summed E-state index contributed by atoms with van der Waals surface area (Å²) < 4.78 is 0. The Bertz CT molecular complexity index is 243. The maximum Gasteiger partial charge on any atom is 0.0998 e. The number of allylic oxidation sites excluding steroid dienone is 4. The van der Waals surface area contributed by atoms with Gasteiger partial charge < -0.3 is 0 Å². The van der Waals surface area contributed by atoms with Crippen LogP contribution >= 0.6 is 8.13 Å². The molecule has 0 aromatic heterocycles. The number of hydrogen-bond donors (Lipinski definition) is 0. The summed E-state index contributed by atoms with van der Waals surface area (Å²) in [6.45, 7) is 12.1. The first-order valence-electron chi connectivity index (χ1n) is 4.97. The molecular formula is C11H21PSi. The molecule has 1 atom stereocenters. The van der Waals surface area contributed by atoms with Crippen molar-refractivity contribution >= 4 is 15.9 Å². The van der Waals surface area contributed by atoms with Crippen LogP contribution in [0.2, 0.25) is 13.1 Å². The first-order valence-corrected chi connectivity index (χ1v) is 9.97. The molecular weight excluding hydrogens is 191 g/mol. The SMILES string of the molecule is CC(C)(C)P[Si](C)(C)C1=CC=CC1. The lowest BCUT2D eigenvalue weighted by molar-refractivity contribution is 0.800. The van der Waals surface area contributed by atoms with Gasteiger partial charge in [-0.15, -0.1) is 8.13 Å². The van der Waals surface area contributed by atoms with Crippen LogP contribution in [0.3, 0.4) is 0 Å². The molecule has 74 valence electrons. The van der Waals surface area contributed by atoms with Gasteiger partial charge in [0.15, 0.2) is 0 Å². The van der Waals surface area contributed by atoms with E-state index in [0.717, 1.165) is 8.13 Å². The van der Waals surface area contributed by atoms with Crippen molar-refractivity contribution in [3.8, 4) is 0 Å². The van der Waals surface area contributed by atoms with Crippen LogP contribution in [0.5, 0.6) is 0 Å². The molecule has 13 heavy (non-hydrogen) atoms. The van der Waals surface area contributed by atoms with Crippen molar-refractivity contribution in [1.82, 2.24) is 0 Å². The quantitative estimate of drug-likeness (QED) is 0.477. The summed E-state index contributed by atoms with van der Waals surface area (Å²) in [4.78, 5) is 0. The van der Waals surface area contributed by atoms with Crippen molar-refractivity contribution in [1.29, 1.82) is 0 Å². The van der Waals surface area contributed by atoms with Crippen molar-refractivity contribution in [3.05, 3.63) is 23.4 Å². The lowest BCUT2D eigenvalue weighted by Crippen LogP contribution is -2.28. The van der Waals surface area contributed by atoms with Gasteiger partial charge in [-0.3, -0.25) is 0 Å². The molecule has 1 rings (SSSR count). The van der Waals surface area contributed by atoms with E-state index < -0.39 is 7.74 Å². The molecule has 0 aromatic carbocycles. The summed E-state index contributed by atoms with van der Waals surface area (Å²) in [6.07, 6.45) is 8.09. The monoisotopic (exact) mass is 212 g/mol. The van der Waals surface area contributed by atoms with Crippen LogP contribution in [0.15, 0.2) is 23.4 Å². The van der Waals surface area contributed by atoms with Crippen LogP contribution in [0.4, 0.5) is 0 Å². The predicted molar refractivity (Wildman–Crippen MR) is 67.4 cm³/mol. The van der Waals surface area contributed by atoms with Gasteiger partial charge in [-0.25, -0.2) is 0 Å². The molecule has 1 aliphatic rings. The third kappa shape index (κ3) is 3.40. The molecule has 0 spiro atoms. The zero-order valence-corrected chi connectivity index (χ0v) is 11.4. The highest BCUT2D eigenvalue weighted by Crippen LogP contribution is 2.45. The average molecular weight is 212 g/mol. The van der Waals surface area contributed by atoms with Crippen LogP contribution in [0.1, 0.15) is 27.2 Å². The molecule has 0 saturated heterocycles. The van der Waals surface area contributed by atoms with E-state index >= 15 is 0 Å². The molecule has 2 heteroatoms. The van der Waals surface area contributed by atoms with Crippen LogP contribution in [0.25, 0.3) is 0 Å². The lowest BCUT2D eigenvalue weighted by Gasteiger charge is -2.32. The lowest BCUT2D eigenvalue weighted by atomic mass is 10.3. The van der Waals surface area contributed by atoms with Gasteiger partial charge >= 0.3 is 0 Å². The molecule has 0 aromatic rings. The van der Waals surface area contributed by atoms with Crippen molar-refractivity contribution < 1.29 is 0 Å². The van der Waals surface area contributed by atoms with Gasteiger partial charge in [0.2, 0.25) is 0 Å². The molecule has 1 aliphatic carbocycles. The van der Waals surface area contributed by atoms with Gasteiger partial charge in [-0.1, -0.05) is 57.3 Å². The largest absolute Gasteiger partial charge is 0.124 e. The van der Waals surface area contributed by atoms with E-state index in [-0.39, 0.29) is 0 Å². The summed E-state index contributed by atoms with van der Waals surface area (Å²) in [5.74, 6) is 0. The second kappa shape index (κ2) is 3.71. The van der Waals surface area contributed by atoms with Crippen LogP contribution in [0, 0.1) is 0 Å². The van der Waals surface area contributed by atoms with Crippen molar-refractivity contribution in [3.63, 3.8) is 0 Å². The molecule has 0 amide bonds. The maximum absolute atomic E-state index is 2.51. The third-order valence-corrected chi connectivity index (χ3v) is 10.7. The fourth-order valence-corrected chi connectivity index (χ4v) is 11.8. The Hall–Kier alpha value is 0.127. The van der Waals surface area contributed by atoms with Crippen molar-refractivity contribution in [2.24, 2.45) is 0 Å². The molecule has 0 nitrogen and oxygen atoms in total. The Morgan fingerprint density at radius 2 is 1.92 bits per heavy atom. The highest BCUT2D eigenvalue weighted by molar-refractivity contribution is 7.84. The molecule has 0 N–H and O–H groups in total. The molecule has 0 radical (unpaired) electrons. The summed E-state index contributed by atoms with van der Waals surface area (Å²) in [6, 6.07) is 0. The van der Waals surface area contributed by atoms with E-state index in [1.807, 2.05) is 0 Å². The third-order valence-electron chi connectivity index (χ3n) is 2.26. The first kappa shape index (κ1) is 11.2. The van der Waals surface area contributed by atoms with Gasteiger partial charge in [0.25, 0.3) is 0 Å². The standard InChI is InChI=1S/C11H21PSi/c1-11(2,3)12-13(4,5)10-8-6-7-9-10/h6-8,12H,9H2,1-5H3. The predicted octanol–water partition coefficient (Wildman–Crippen LogP) is 4.09. The fourth-order valence-electron chi connectivity index (χ4n) is 1.93. The molecule has 0 fully saturated rings. The highest BCUT2D eigenvalue weighted by atomic mass is 31.3. The Balaban J connectivity index is 2.66. The van der Waals surface area contributed by atoms with E-state index in [9.17, 15) is 0 Å². The molecule has 0 aliphatic heterocycles. The van der Waals surface area contributed by atoms with E-state index in [2.05, 4.69) is 52.1 Å². The maximum atomic E-state index is 2.51. The normalized spacial score (nSPS) is 18.7. The van der Waals surface area contributed by atoms with E-state index in [1.165, 1.54) is 6.42 Å². The van der Waals surface area contributed by atoms with E-state index in [4.69, 9.17) is 0 Å². The van der Waals surface area contributed by atoms with Crippen LogP contribution in [-0.4, -0.2) is 12.9 Å². The second-order valence-corrected chi connectivity index (χ2v) is 15.5. The fraction of sp³-hybridized carbons (Fsp3) is 0.636. The average Bonchev–Trinajstić information content (AvgIpc) is 2.29. The minimum atomic E-state index is -1.08. The van der Waals surface area contributed by atoms with Crippen molar-refractivity contribution in [2.45, 2.75) is 45.4 Å². The highest BCUT2D eigenvalue weighted by Gasteiger charge is 2.30. The molecule has 0 bridgehead atoms. The molecule has 1 unspecified atom stereocenters. The summed E-state index contributed by atoms with van der Waals surface area (Å²) in [5, 5.41) is 2.25. The van der Waals surface area contributed by atoms with E-state index in [0.29, 0.717) is 5.16 Å². The Kier molecular flexibility index (Phi) is 3.19. The first-order chi connectivity index (χ1) is 5.81. The summed E-state index contributed by atoms with van der Waals surface area (Å²) >= 11 is 0. The zero-order valence-electron chi connectivity index (χ0n) is 9.44. The van der Waals surface area contributed by atoms with Gasteiger partial charge in [-0.2, -0.15) is 0 Å². The number of hydrogen-bond acceptors (Lipinski definition) is 0. The number of rotatable bonds is 2. The molecule has 0 heterocycles. The smallest absolute Gasteiger partial charge is 0.0998 e. The topological polar surface area (TPSA) is 0 Å². The van der Waals surface area contributed by atoms with Gasteiger partial charge in [-0.05, 0) is 11.6 Å². The van der Waals surface area contributed by atoms with Gasteiger partial charge in [0.05, 0.1) is 7.74 Å². The summed E-state index contributed by atoms with van der Waals surface area (Å²) in [5.41, 5.74) is 0. The minimum absolute atomic E-state index is 0.513. The Morgan fingerprint density at radius 3 is 2.31 bits per heavy atom. The van der Waals surface area contributed by atoms with Crippen molar-refractivity contribution in [2.75, 3.05) is 0 Å².